The molecule has 6 nitrogen and oxygen atoms in total. The molecule has 0 aromatic carbocycles. The second-order valence-corrected chi connectivity index (χ2v) is 15.4. The highest BCUT2D eigenvalue weighted by Gasteiger charge is 2.24. The first-order valence-electron chi connectivity index (χ1n) is 20.0. The molecule has 0 aliphatic heterocycles. The first-order chi connectivity index (χ1) is 22.8. The number of nitrogens with one attached hydrogen (secondary N) is 1. The van der Waals surface area contributed by atoms with E-state index in [0.29, 0.717) is 12.8 Å². The summed E-state index contributed by atoms with van der Waals surface area (Å²) in [4.78, 5) is 12.5. The highest BCUT2D eigenvalue weighted by Crippen LogP contribution is 2.16. The molecule has 0 spiro atoms. The predicted molar refractivity (Wildman–Crippen MR) is 202 cm³/mol. The molecule has 0 heterocycles. The minimum atomic E-state index is -4.34. The number of amides is 1. The lowest BCUT2D eigenvalue weighted by Gasteiger charge is -2.21. The van der Waals surface area contributed by atoms with Crippen LogP contribution in [0.2, 0.25) is 0 Å². The highest BCUT2D eigenvalue weighted by molar-refractivity contribution is 7.85. The van der Waals surface area contributed by atoms with Crippen LogP contribution in [-0.4, -0.2) is 41.9 Å². The third-order valence-corrected chi connectivity index (χ3v) is 9.91. The monoisotopic (exact) mass is 684 g/mol. The van der Waals surface area contributed by atoms with Crippen molar-refractivity contribution in [3.8, 4) is 0 Å². The van der Waals surface area contributed by atoms with Crippen LogP contribution in [0.25, 0.3) is 0 Å². The van der Waals surface area contributed by atoms with E-state index in [1.54, 1.807) is 6.08 Å². The lowest BCUT2D eigenvalue weighted by atomic mass is 10.0. The molecule has 0 aliphatic carbocycles. The summed E-state index contributed by atoms with van der Waals surface area (Å²) < 4.78 is 32.3. The van der Waals surface area contributed by atoms with E-state index in [9.17, 15) is 22.9 Å². The largest absolute Gasteiger partial charge is 0.387 e. The lowest BCUT2D eigenvalue weighted by Crippen LogP contribution is -2.46. The Balaban J connectivity index is 3.76. The standard InChI is InChI=1S/C40H77NO5S/c1-3-5-7-9-11-13-14-15-16-17-18-19-20-21-22-23-24-25-26-28-30-32-34-36-40(43)41-38(37-47(44,45)46)39(42)35-33-31-29-27-12-10-8-6-4-2/h12,27,33,35,38-39,42H,3-11,13-26,28-32,34,36-37H2,1-2H3,(H,41,43)(H,44,45,46)/b27-12+,35-33+. The van der Waals surface area contributed by atoms with Crippen LogP contribution in [0, 0.1) is 0 Å². The van der Waals surface area contributed by atoms with E-state index < -0.39 is 28.0 Å². The first-order valence-corrected chi connectivity index (χ1v) is 21.6. The highest BCUT2D eigenvalue weighted by atomic mass is 32.2. The fraction of sp³-hybridized carbons (Fsp3) is 0.875. The zero-order valence-corrected chi connectivity index (χ0v) is 31.7. The fourth-order valence-corrected chi connectivity index (χ4v) is 6.85. The number of carbonyl (C=O) groups excluding carboxylic acids is 1. The second kappa shape index (κ2) is 34.7. The zero-order valence-electron chi connectivity index (χ0n) is 30.9. The van der Waals surface area contributed by atoms with Crippen LogP contribution in [0.4, 0.5) is 0 Å². The Hall–Kier alpha value is -1.18. The van der Waals surface area contributed by atoms with Crippen molar-refractivity contribution >= 4 is 16.0 Å². The van der Waals surface area contributed by atoms with Gasteiger partial charge in [0.25, 0.3) is 10.1 Å². The van der Waals surface area contributed by atoms with Gasteiger partial charge in [-0.15, -0.1) is 0 Å². The van der Waals surface area contributed by atoms with Crippen molar-refractivity contribution in [2.75, 3.05) is 5.75 Å². The lowest BCUT2D eigenvalue weighted by molar-refractivity contribution is -0.122. The van der Waals surface area contributed by atoms with Gasteiger partial charge < -0.3 is 10.4 Å². The van der Waals surface area contributed by atoms with E-state index in [2.05, 4.69) is 31.3 Å². The zero-order chi connectivity index (χ0) is 34.7. The Morgan fingerprint density at radius 2 is 0.915 bits per heavy atom. The summed E-state index contributed by atoms with van der Waals surface area (Å²) in [7, 11) is -4.34. The fourth-order valence-electron chi connectivity index (χ4n) is 6.11. The van der Waals surface area contributed by atoms with Crippen LogP contribution in [0.15, 0.2) is 24.3 Å². The number of unbranched alkanes of at least 4 members (excludes halogenated alkanes) is 26. The molecule has 0 fully saturated rings. The van der Waals surface area contributed by atoms with E-state index in [1.807, 2.05) is 0 Å². The molecular formula is C40H77NO5S. The summed E-state index contributed by atoms with van der Waals surface area (Å²) in [5, 5.41) is 13.1. The molecule has 0 rings (SSSR count). The van der Waals surface area contributed by atoms with Crippen LogP contribution >= 0.6 is 0 Å². The molecule has 0 aromatic rings. The molecule has 1 amide bonds. The SMILES string of the molecule is CCCCC/C=C/CC/C=C/C(O)C(CS(=O)(=O)O)NC(=O)CCCCCCCCCCCCCCCCCCCCCCCCC. The van der Waals surface area contributed by atoms with Crippen molar-refractivity contribution in [3.63, 3.8) is 0 Å². The number of carbonyl (C=O) groups is 1. The summed E-state index contributed by atoms with van der Waals surface area (Å²) in [6.07, 6.45) is 43.3. The number of aliphatic hydroxyl groups is 1. The van der Waals surface area contributed by atoms with Gasteiger partial charge >= 0.3 is 0 Å². The third kappa shape index (κ3) is 35.9. The number of rotatable bonds is 36. The van der Waals surface area contributed by atoms with Crippen LogP contribution in [0.5, 0.6) is 0 Å². The first kappa shape index (κ1) is 45.8. The van der Waals surface area contributed by atoms with Gasteiger partial charge in [-0.1, -0.05) is 192 Å². The van der Waals surface area contributed by atoms with E-state index in [-0.39, 0.29) is 5.91 Å². The normalized spacial score (nSPS) is 13.5. The van der Waals surface area contributed by atoms with Crippen molar-refractivity contribution in [1.29, 1.82) is 0 Å². The Labute approximate surface area is 292 Å². The van der Waals surface area contributed by atoms with Gasteiger partial charge in [0.05, 0.1) is 17.9 Å². The average Bonchev–Trinajstić information content (AvgIpc) is 3.03. The molecule has 3 N–H and O–H groups in total. The van der Waals surface area contributed by atoms with Crippen molar-refractivity contribution in [3.05, 3.63) is 24.3 Å². The van der Waals surface area contributed by atoms with Gasteiger partial charge in [0.1, 0.15) is 0 Å². The second-order valence-electron chi connectivity index (χ2n) is 13.9. The smallest absolute Gasteiger partial charge is 0.267 e. The minimum Gasteiger partial charge on any atom is -0.387 e. The van der Waals surface area contributed by atoms with Gasteiger partial charge in [-0.25, -0.2) is 0 Å². The van der Waals surface area contributed by atoms with Gasteiger partial charge in [0.2, 0.25) is 5.91 Å². The van der Waals surface area contributed by atoms with Gasteiger partial charge in [-0.2, -0.15) is 8.42 Å². The molecule has 47 heavy (non-hydrogen) atoms. The number of hydrogen-bond donors (Lipinski definition) is 3. The van der Waals surface area contributed by atoms with Crippen LogP contribution < -0.4 is 5.32 Å². The van der Waals surface area contributed by atoms with Gasteiger partial charge in [-0.05, 0) is 32.1 Å². The summed E-state index contributed by atoms with van der Waals surface area (Å²) in [5.41, 5.74) is 0. The number of aliphatic hydroxyl groups excluding tert-OH is 1. The Morgan fingerprint density at radius 1 is 0.553 bits per heavy atom. The van der Waals surface area contributed by atoms with Crippen molar-refractivity contribution < 1.29 is 22.9 Å². The molecular weight excluding hydrogens is 607 g/mol. The molecule has 0 saturated carbocycles. The van der Waals surface area contributed by atoms with E-state index in [1.165, 1.54) is 154 Å². The number of allylic oxidation sites excluding steroid dienone is 3. The molecule has 2 atom stereocenters. The molecule has 0 aromatic heterocycles. The summed E-state index contributed by atoms with van der Waals surface area (Å²) in [6.45, 7) is 4.46. The maximum Gasteiger partial charge on any atom is 0.267 e. The Bertz CT molecular complexity index is 842. The topological polar surface area (TPSA) is 104 Å². The summed E-state index contributed by atoms with van der Waals surface area (Å²) in [6, 6.07) is -1.07. The van der Waals surface area contributed by atoms with Crippen LogP contribution in [0.1, 0.15) is 206 Å². The molecule has 7 heteroatoms. The molecule has 0 saturated heterocycles. The predicted octanol–water partition coefficient (Wildman–Crippen LogP) is 11.6. The summed E-state index contributed by atoms with van der Waals surface area (Å²) >= 11 is 0. The van der Waals surface area contributed by atoms with Crippen molar-refractivity contribution in [2.45, 2.75) is 219 Å². The average molecular weight is 684 g/mol. The van der Waals surface area contributed by atoms with E-state index in [4.69, 9.17) is 0 Å². The molecule has 0 radical (unpaired) electrons. The van der Waals surface area contributed by atoms with Crippen molar-refractivity contribution in [2.24, 2.45) is 0 Å². The molecule has 278 valence electrons. The third-order valence-electron chi connectivity index (χ3n) is 9.13. The van der Waals surface area contributed by atoms with Crippen LogP contribution in [0.3, 0.4) is 0 Å². The quantitative estimate of drug-likeness (QED) is 0.0346. The maximum atomic E-state index is 12.5. The molecule has 0 bridgehead atoms. The van der Waals surface area contributed by atoms with Crippen LogP contribution in [-0.2, 0) is 14.9 Å². The van der Waals surface area contributed by atoms with E-state index in [0.717, 1.165) is 32.1 Å². The number of hydrogen-bond acceptors (Lipinski definition) is 4. The Kier molecular flexibility index (Phi) is 33.8. The minimum absolute atomic E-state index is 0.287. The van der Waals surface area contributed by atoms with Gasteiger partial charge in [0.15, 0.2) is 0 Å². The van der Waals surface area contributed by atoms with Crippen molar-refractivity contribution in [1.82, 2.24) is 5.32 Å². The van der Waals surface area contributed by atoms with E-state index >= 15 is 0 Å². The molecule has 2 unspecified atom stereocenters. The van der Waals surface area contributed by atoms with Gasteiger partial charge in [-0.3, -0.25) is 9.35 Å². The van der Waals surface area contributed by atoms with Gasteiger partial charge in [0, 0.05) is 6.42 Å². The molecule has 0 aliphatic rings. The Morgan fingerprint density at radius 3 is 1.34 bits per heavy atom. The maximum absolute atomic E-state index is 12.5. The summed E-state index contributed by atoms with van der Waals surface area (Å²) in [5.74, 6) is -0.995.